The molecule has 2 unspecified atom stereocenters. The van der Waals surface area contributed by atoms with Gasteiger partial charge in [-0.05, 0) is 26.7 Å². The maximum Gasteiger partial charge on any atom is 0.320 e. The molecule has 6 heteroatoms. The molecule has 0 saturated carbocycles. The number of carbonyl (C=O) groups is 2. The number of carboxylic acids is 1. The lowest BCUT2D eigenvalue weighted by Crippen LogP contribution is -2.35. The molecule has 0 aliphatic carbocycles. The van der Waals surface area contributed by atoms with Gasteiger partial charge < -0.3 is 14.9 Å². The first-order valence-corrected chi connectivity index (χ1v) is 8.20. The van der Waals surface area contributed by atoms with Gasteiger partial charge in [0.1, 0.15) is 0 Å². The van der Waals surface area contributed by atoms with Crippen molar-refractivity contribution in [3.63, 3.8) is 0 Å². The van der Waals surface area contributed by atoms with Crippen LogP contribution < -0.4 is 0 Å². The van der Waals surface area contributed by atoms with Crippen LogP contribution in [0.3, 0.4) is 0 Å². The number of amides is 2. The van der Waals surface area contributed by atoms with Gasteiger partial charge in [-0.3, -0.25) is 4.79 Å². The van der Waals surface area contributed by atoms with E-state index >= 15 is 0 Å². The first-order valence-electron chi connectivity index (χ1n) is 7.22. The summed E-state index contributed by atoms with van der Waals surface area (Å²) in [4.78, 5) is 27.9. The van der Waals surface area contributed by atoms with Crippen molar-refractivity contribution in [1.82, 2.24) is 9.80 Å². The SMILES string of the molecule is CCN1C(=O)N(CC)C2/C(=C\CCCC(=O)O)SCC21. The fraction of sp³-hybridized carbons (Fsp3) is 0.714. The number of nitrogens with zero attached hydrogens (tertiary/aromatic N) is 2. The Kier molecular flexibility index (Phi) is 4.96. The molecule has 0 bridgehead atoms. The van der Waals surface area contributed by atoms with Gasteiger partial charge in [-0.15, -0.1) is 11.8 Å². The molecule has 2 rings (SSSR count). The van der Waals surface area contributed by atoms with E-state index in [1.54, 1.807) is 0 Å². The summed E-state index contributed by atoms with van der Waals surface area (Å²) in [6.45, 7) is 5.51. The van der Waals surface area contributed by atoms with Crippen LogP contribution in [-0.2, 0) is 4.79 Å². The third-order valence-corrected chi connectivity index (χ3v) is 5.18. The minimum atomic E-state index is -0.747. The van der Waals surface area contributed by atoms with Crippen molar-refractivity contribution in [1.29, 1.82) is 0 Å². The molecule has 2 aliphatic heterocycles. The van der Waals surface area contributed by atoms with Crippen molar-refractivity contribution < 1.29 is 14.7 Å². The second-order valence-electron chi connectivity index (χ2n) is 5.07. The van der Waals surface area contributed by atoms with Crippen LogP contribution in [0.5, 0.6) is 0 Å². The van der Waals surface area contributed by atoms with E-state index in [2.05, 4.69) is 6.08 Å². The largest absolute Gasteiger partial charge is 0.481 e. The molecule has 5 nitrogen and oxygen atoms in total. The van der Waals surface area contributed by atoms with Crippen molar-refractivity contribution in [3.8, 4) is 0 Å². The lowest BCUT2D eigenvalue weighted by Gasteiger charge is -2.21. The summed E-state index contributed by atoms with van der Waals surface area (Å²) in [6.07, 6.45) is 3.78. The quantitative estimate of drug-likeness (QED) is 0.604. The number of carboxylic acid groups (broad SMARTS) is 1. The number of allylic oxidation sites excluding steroid dienone is 1. The van der Waals surface area contributed by atoms with Crippen LogP contribution in [0.15, 0.2) is 11.0 Å². The van der Waals surface area contributed by atoms with Crippen molar-refractivity contribution in [2.45, 2.75) is 45.2 Å². The molecule has 2 fully saturated rings. The fourth-order valence-corrected chi connectivity index (χ4v) is 4.39. The maximum absolute atomic E-state index is 12.3. The van der Waals surface area contributed by atoms with Crippen LogP contribution >= 0.6 is 11.8 Å². The molecule has 2 saturated heterocycles. The number of hydrogen-bond donors (Lipinski definition) is 1. The summed E-state index contributed by atoms with van der Waals surface area (Å²) in [5.41, 5.74) is 0. The van der Waals surface area contributed by atoms with Crippen LogP contribution in [0.1, 0.15) is 33.1 Å². The molecule has 2 heterocycles. The molecule has 2 atom stereocenters. The van der Waals surface area contributed by atoms with E-state index in [1.807, 2.05) is 35.4 Å². The summed E-state index contributed by atoms with van der Waals surface area (Å²) in [6, 6.07) is 0.604. The number of likely N-dealkylation sites (N-methyl/N-ethyl adjacent to an activating group) is 2. The highest BCUT2D eigenvalue weighted by atomic mass is 32.2. The van der Waals surface area contributed by atoms with Crippen LogP contribution in [0.2, 0.25) is 0 Å². The van der Waals surface area contributed by atoms with E-state index in [0.29, 0.717) is 6.42 Å². The monoisotopic (exact) mass is 298 g/mol. The Hall–Kier alpha value is -1.17. The Labute approximate surface area is 124 Å². The molecule has 1 N–H and O–H groups in total. The van der Waals surface area contributed by atoms with Gasteiger partial charge in [0.05, 0.1) is 12.1 Å². The summed E-state index contributed by atoms with van der Waals surface area (Å²) in [5.74, 6) is 0.203. The first kappa shape index (κ1) is 15.2. The molecule has 0 aromatic carbocycles. The smallest absolute Gasteiger partial charge is 0.320 e. The lowest BCUT2D eigenvalue weighted by atomic mass is 10.1. The Balaban J connectivity index is 2.04. The third-order valence-electron chi connectivity index (χ3n) is 3.93. The zero-order valence-corrected chi connectivity index (χ0v) is 12.9. The summed E-state index contributed by atoms with van der Waals surface area (Å²) >= 11 is 1.81. The Morgan fingerprint density at radius 1 is 1.40 bits per heavy atom. The molecule has 0 aromatic rings. The van der Waals surface area contributed by atoms with E-state index in [9.17, 15) is 9.59 Å². The van der Waals surface area contributed by atoms with E-state index in [1.165, 1.54) is 4.91 Å². The van der Waals surface area contributed by atoms with Gasteiger partial charge >= 0.3 is 12.0 Å². The predicted octanol–water partition coefficient (Wildman–Crippen LogP) is 2.39. The number of aliphatic carboxylic acids is 1. The standard InChI is InChI=1S/C14H22N2O3S/c1-3-15-10-9-20-11(7-5-6-8-12(17)18)13(10)16(4-2)14(15)19/h7,10,13H,3-6,8-9H2,1-2H3,(H,17,18)/b11-7+. The Morgan fingerprint density at radius 2 is 2.10 bits per heavy atom. The normalized spacial score (nSPS) is 27.5. The fourth-order valence-electron chi connectivity index (χ4n) is 2.97. The van der Waals surface area contributed by atoms with E-state index in [-0.39, 0.29) is 24.5 Å². The molecule has 0 radical (unpaired) electrons. The van der Waals surface area contributed by atoms with E-state index in [4.69, 9.17) is 5.11 Å². The second-order valence-corrected chi connectivity index (χ2v) is 6.16. The molecule has 0 spiro atoms. The number of thioether (sulfide) groups is 1. The highest BCUT2D eigenvalue weighted by Gasteiger charge is 2.49. The molecule has 0 aromatic heterocycles. The van der Waals surface area contributed by atoms with Gasteiger partial charge in [-0.25, -0.2) is 4.79 Å². The Morgan fingerprint density at radius 3 is 2.70 bits per heavy atom. The summed E-state index contributed by atoms with van der Waals surface area (Å²) in [5, 5.41) is 8.65. The van der Waals surface area contributed by atoms with Crippen LogP contribution in [0.25, 0.3) is 0 Å². The number of fused-ring (bicyclic) bond motifs is 1. The molecule has 112 valence electrons. The average molecular weight is 298 g/mol. The van der Waals surface area contributed by atoms with Crippen LogP contribution in [0, 0.1) is 0 Å². The van der Waals surface area contributed by atoms with E-state index in [0.717, 1.165) is 25.3 Å². The number of urea groups is 1. The minimum Gasteiger partial charge on any atom is -0.481 e. The molecule has 20 heavy (non-hydrogen) atoms. The number of unbranched alkanes of at least 4 members (excludes halogenated alkanes) is 1. The van der Waals surface area contributed by atoms with Crippen LogP contribution in [0.4, 0.5) is 4.79 Å². The lowest BCUT2D eigenvalue weighted by molar-refractivity contribution is -0.137. The number of carbonyl (C=O) groups excluding carboxylic acids is 1. The zero-order valence-electron chi connectivity index (χ0n) is 12.0. The minimum absolute atomic E-state index is 0.140. The number of rotatable bonds is 6. The highest BCUT2D eigenvalue weighted by molar-refractivity contribution is 8.03. The van der Waals surface area contributed by atoms with Crippen molar-refractivity contribution in [2.24, 2.45) is 0 Å². The highest BCUT2D eigenvalue weighted by Crippen LogP contribution is 2.42. The van der Waals surface area contributed by atoms with Crippen molar-refractivity contribution in [2.75, 3.05) is 18.8 Å². The summed E-state index contributed by atoms with van der Waals surface area (Å²) in [7, 11) is 0. The van der Waals surface area contributed by atoms with Gasteiger partial charge in [0.15, 0.2) is 0 Å². The van der Waals surface area contributed by atoms with Crippen molar-refractivity contribution >= 4 is 23.8 Å². The van der Waals surface area contributed by atoms with Gasteiger partial charge in [-0.2, -0.15) is 0 Å². The second kappa shape index (κ2) is 6.52. The molecule has 2 aliphatic rings. The molecule has 2 amide bonds. The zero-order chi connectivity index (χ0) is 14.7. The molecular formula is C14H22N2O3S. The average Bonchev–Trinajstić information content (AvgIpc) is 2.91. The van der Waals surface area contributed by atoms with Crippen LogP contribution in [-0.4, -0.2) is 57.8 Å². The van der Waals surface area contributed by atoms with Gasteiger partial charge in [0.25, 0.3) is 0 Å². The topological polar surface area (TPSA) is 60.9 Å². The predicted molar refractivity (Wildman–Crippen MR) is 79.8 cm³/mol. The first-order chi connectivity index (χ1) is 9.60. The van der Waals surface area contributed by atoms with Crippen molar-refractivity contribution in [3.05, 3.63) is 11.0 Å². The van der Waals surface area contributed by atoms with E-state index < -0.39 is 5.97 Å². The molecular weight excluding hydrogens is 276 g/mol. The Bertz CT molecular complexity index is 425. The van der Waals surface area contributed by atoms with Gasteiger partial charge in [0, 0.05) is 30.2 Å². The van der Waals surface area contributed by atoms with Gasteiger partial charge in [0.2, 0.25) is 0 Å². The third kappa shape index (κ3) is 2.80. The maximum atomic E-state index is 12.3. The number of hydrogen-bond acceptors (Lipinski definition) is 3. The summed E-state index contributed by atoms with van der Waals surface area (Å²) < 4.78 is 0. The van der Waals surface area contributed by atoms with Gasteiger partial charge in [-0.1, -0.05) is 6.08 Å².